The number of carboxylic acid groups (broad SMARTS) is 3. The monoisotopic (exact) mass is 664 g/mol. The molecule has 3 rings (SSSR count). The summed E-state index contributed by atoms with van der Waals surface area (Å²) in [5.41, 5.74) is 3.43. The third kappa shape index (κ3) is 21.7. The van der Waals surface area contributed by atoms with Crippen molar-refractivity contribution in [1.29, 1.82) is 0 Å². The molecule has 0 bridgehead atoms. The number of carboxylic acids is 3. The zero-order valence-electron chi connectivity index (χ0n) is 20.0. The smallest absolute Gasteiger partial charge is 0.549 e. The van der Waals surface area contributed by atoms with Gasteiger partial charge in [-0.05, 0) is 16.7 Å². The van der Waals surface area contributed by atoms with Gasteiger partial charge >= 0.3 is 24.4 Å². The van der Waals surface area contributed by atoms with Gasteiger partial charge in [0, 0.05) is 34.5 Å². The van der Waals surface area contributed by atoms with Gasteiger partial charge in [0.25, 0.3) is 0 Å². The molecule has 194 valence electrons. The standard InChI is InChI=1S/3C9H10O2S.Sb/c3*10-9(11)7-12-6-8-4-2-1-3-5-8;/h3*1-5H,6-7H2,(H,10,11);/q;;;+3/p-3. The van der Waals surface area contributed by atoms with Crippen LogP contribution in [0.15, 0.2) is 91.0 Å². The van der Waals surface area contributed by atoms with Gasteiger partial charge in [-0.1, -0.05) is 91.0 Å². The van der Waals surface area contributed by atoms with Crippen molar-refractivity contribution in [3.8, 4) is 0 Å². The van der Waals surface area contributed by atoms with Crippen LogP contribution in [0.25, 0.3) is 0 Å². The van der Waals surface area contributed by atoms with E-state index in [9.17, 15) is 29.7 Å². The van der Waals surface area contributed by atoms with E-state index >= 15 is 0 Å². The molecule has 0 fully saturated rings. The molecule has 37 heavy (non-hydrogen) atoms. The first-order chi connectivity index (χ1) is 17.4. The van der Waals surface area contributed by atoms with Crippen LogP contribution in [0.3, 0.4) is 0 Å². The Labute approximate surface area is 248 Å². The van der Waals surface area contributed by atoms with Gasteiger partial charge in [-0.25, -0.2) is 0 Å². The molecule has 0 saturated carbocycles. The molecule has 0 aliphatic heterocycles. The predicted octanol–water partition coefficient (Wildman–Crippen LogP) is 1.63. The summed E-state index contributed by atoms with van der Waals surface area (Å²) in [7, 11) is 0. The second-order valence-electron chi connectivity index (χ2n) is 7.05. The zero-order chi connectivity index (χ0) is 26.4. The topological polar surface area (TPSA) is 120 Å². The van der Waals surface area contributed by atoms with E-state index in [4.69, 9.17) is 0 Å². The quantitative estimate of drug-likeness (QED) is 0.266. The molecule has 6 nitrogen and oxygen atoms in total. The van der Waals surface area contributed by atoms with E-state index in [1.54, 1.807) is 0 Å². The Bertz CT molecular complexity index is 876. The first-order valence-electron chi connectivity index (χ1n) is 10.8. The molecule has 3 aromatic rings. The van der Waals surface area contributed by atoms with Gasteiger partial charge in [-0.3, -0.25) is 0 Å². The summed E-state index contributed by atoms with van der Waals surface area (Å²) in [6, 6.07) is 29.3. The Morgan fingerprint density at radius 3 is 0.865 bits per heavy atom. The van der Waals surface area contributed by atoms with Crippen LogP contribution in [0.1, 0.15) is 16.7 Å². The van der Waals surface area contributed by atoms with Crippen molar-refractivity contribution in [2.75, 3.05) is 17.3 Å². The number of carbonyl (C=O) groups is 3. The Balaban J connectivity index is 0.000000518. The van der Waals surface area contributed by atoms with E-state index in [1.165, 1.54) is 35.3 Å². The molecule has 0 N–H and O–H groups in total. The van der Waals surface area contributed by atoms with Gasteiger partial charge in [-0.2, -0.15) is 35.3 Å². The molecular formula is C27H27O6S3Sb. The van der Waals surface area contributed by atoms with Crippen LogP contribution in [0, 0.1) is 0 Å². The van der Waals surface area contributed by atoms with Crippen LogP contribution in [0.4, 0.5) is 0 Å². The summed E-state index contributed by atoms with van der Waals surface area (Å²) in [5.74, 6) is -0.625. The van der Waals surface area contributed by atoms with Crippen molar-refractivity contribution in [2.24, 2.45) is 0 Å². The maximum atomic E-state index is 10.1. The molecule has 10 heteroatoms. The first kappa shape index (κ1) is 34.9. The van der Waals surface area contributed by atoms with Gasteiger partial charge in [0.2, 0.25) is 0 Å². The van der Waals surface area contributed by atoms with E-state index in [2.05, 4.69) is 0 Å². The van der Waals surface area contributed by atoms with Crippen LogP contribution in [0.2, 0.25) is 0 Å². The molecule has 0 saturated heterocycles. The number of hydrogen-bond acceptors (Lipinski definition) is 9. The third-order valence-corrected chi connectivity index (χ3v) is 6.93. The van der Waals surface area contributed by atoms with Crippen molar-refractivity contribution >= 4 is 77.6 Å². The van der Waals surface area contributed by atoms with Crippen LogP contribution in [0.5, 0.6) is 0 Å². The minimum Gasteiger partial charge on any atom is -0.549 e. The van der Waals surface area contributed by atoms with Crippen LogP contribution in [-0.4, -0.2) is 59.6 Å². The molecule has 0 heterocycles. The van der Waals surface area contributed by atoms with Crippen LogP contribution in [-0.2, 0) is 31.6 Å². The van der Waals surface area contributed by atoms with Crippen molar-refractivity contribution in [1.82, 2.24) is 0 Å². The van der Waals surface area contributed by atoms with Gasteiger partial charge in [0.1, 0.15) is 0 Å². The molecular weight excluding hydrogens is 638 g/mol. The minimum absolute atomic E-state index is 0. The second-order valence-corrected chi connectivity index (χ2v) is 10.0. The van der Waals surface area contributed by atoms with Crippen LogP contribution < -0.4 is 15.3 Å². The maximum Gasteiger partial charge on any atom is 3.00 e. The van der Waals surface area contributed by atoms with Crippen molar-refractivity contribution in [3.05, 3.63) is 108 Å². The fourth-order valence-electron chi connectivity index (χ4n) is 2.48. The average molecular weight is 665 g/mol. The molecule has 3 aromatic carbocycles. The number of hydrogen-bond donors (Lipinski definition) is 0. The molecule has 0 atom stereocenters. The van der Waals surface area contributed by atoms with E-state index in [0.29, 0.717) is 0 Å². The van der Waals surface area contributed by atoms with Crippen LogP contribution >= 0.6 is 35.3 Å². The Morgan fingerprint density at radius 2 is 0.676 bits per heavy atom. The largest absolute Gasteiger partial charge is 3.00 e. The molecule has 2 radical (unpaired) electrons. The Morgan fingerprint density at radius 1 is 0.459 bits per heavy atom. The molecule has 0 unspecified atom stereocenters. The van der Waals surface area contributed by atoms with Gasteiger partial charge in [-0.15, -0.1) is 0 Å². The van der Waals surface area contributed by atoms with Gasteiger partial charge in [0.05, 0.1) is 17.9 Å². The van der Waals surface area contributed by atoms with E-state index in [0.717, 1.165) is 33.9 Å². The fraction of sp³-hybridized carbons (Fsp3) is 0.222. The summed E-state index contributed by atoms with van der Waals surface area (Å²) >= 11 is 4.06. The Kier molecular flexibility index (Phi) is 21.8. The van der Waals surface area contributed by atoms with E-state index in [1.807, 2.05) is 91.0 Å². The molecule has 0 aliphatic rings. The summed E-state index contributed by atoms with van der Waals surface area (Å²) in [6.07, 6.45) is 0. The molecule has 0 amide bonds. The fourth-order valence-corrected chi connectivity index (χ4v) is 4.57. The normalized spacial score (nSPS) is 9.41. The number of benzene rings is 3. The molecule has 0 spiro atoms. The third-order valence-electron chi connectivity index (χ3n) is 3.99. The average Bonchev–Trinajstić information content (AvgIpc) is 2.86. The first-order valence-corrected chi connectivity index (χ1v) is 14.3. The van der Waals surface area contributed by atoms with E-state index < -0.39 is 17.9 Å². The zero-order valence-corrected chi connectivity index (χ0v) is 25.0. The molecule has 0 aliphatic carbocycles. The number of aliphatic carboxylic acids is 3. The number of rotatable bonds is 12. The van der Waals surface area contributed by atoms with E-state index in [-0.39, 0.29) is 41.7 Å². The van der Waals surface area contributed by atoms with Crippen molar-refractivity contribution < 1.29 is 29.7 Å². The summed E-state index contributed by atoms with van der Waals surface area (Å²) in [5, 5.41) is 30.2. The van der Waals surface area contributed by atoms with Gasteiger partial charge < -0.3 is 29.7 Å². The van der Waals surface area contributed by atoms with Crippen molar-refractivity contribution in [3.63, 3.8) is 0 Å². The molecule has 0 aromatic heterocycles. The number of thioether (sulfide) groups is 3. The Hall–Kier alpha value is -2.06. The second kappa shape index (κ2) is 23.1. The number of carbonyl (C=O) groups excluding carboxylic acids is 3. The SMILES string of the molecule is O=C([O-])CSCc1ccccc1.O=C([O-])CSCc1ccccc1.O=C([O-])CSCc1ccccc1.[Sb+3]. The van der Waals surface area contributed by atoms with Crippen molar-refractivity contribution in [2.45, 2.75) is 17.3 Å². The summed E-state index contributed by atoms with van der Waals surface area (Å²) < 4.78 is 0. The van der Waals surface area contributed by atoms with Gasteiger partial charge in [0.15, 0.2) is 0 Å². The maximum absolute atomic E-state index is 10.1. The summed E-state index contributed by atoms with van der Waals surface area (Å²) in [4.78, 5) is 30.2. The minimum atomic E-state index is -1.00. The summed E-state index contributed by atoms with van der Waals surface area (Å²) in [6.45, 7) is 0. The predicted molar refractivity (Wildman–Crippen MR) is 149 cm³/mol.